The van der Waals surface area contributed by atoms with Gasteiger partial charge in [0.1, 0.15) is 12.2 Å². The average molecular weight is 264 g/mol. The molecule has 0 atom stereocenters. The highest BCUT2D eigenvalue weighted by Gasteiger charge is 2.26. The molecule has 5 nitrogen and oxygen atoms in total. The van der Waals surface area contributed by atoms with Crippen LogP contribution in [0, 0.1) is 0 Å². The molecular weight excluding hydrogens is 244 g/mol. The Balaban J connectivity index is 2.13. The molecule has 1 saturated carbocycles. The SMILES string of the molecule is CCN(CC(=O)OC)C(=O)c1cccn1C1CCC1. The quantitative estimate of drug-likeness (QED) is 0.763. The first-order valence-corrected chi connectivity index (χ1v) is 6.70. The van der Waals surface area contributed by atoms with Crippen LogP contribution in [0.3, 0.4) is 0 Å². The van der Waals surface area contributed by atoms with Crippen molar-refractivity contribution in [2.24, 2.45) is 0 Å². The fraction of sp³-hybridized carbons (Fsp3) is 0.571. The Kier molecular flexibility index (Phi) is 4.24. The molecule has 1 aromatic heterocycles. The van der Waals surface area contributed by atoms with Gasteiger partial charge in [0.05, 0.1) is 7.11 Å². The Morgan fingerprint density at radius 1 is 1.47 bits per heavy atom. The molecule has 1 aliphatic carbocycles. The molecule has 0 N–H and O–H groups in total. The third kappa shape index (κ3) is 2.80. The Morgan fingerprint density at radius 2 is 2.21 bits per heavy atom. The van der Waals surface area contributed by atoms with E-state index in [2.05, 4.69) is 4.74 Å². The number of rotatable bonds is 5. The zero-order valence-corrected chi connectivity index (χ0v) is 11.5. The molecule has 0 spiro atoms. The molecule has 0 radical (unpaired) electrons. The van der Waals surface area contributed by atoms with E-state index in [9.17, 15) is 9.59 Å². The maximum Gasteiger partial charge on any atom is 0.325 e. The standard InChI is InChI=1S/C14H20N2O3/c1-3-15(10-13(17)19-2)14(18)12-8-5-9-16(12)11-6-4-7-11/h5,8-9,11H,3-4,6-7,10H2,1-2H3. The zero-order valence-electron chi connectivity index (χ0n) is 11.5. The summed E-state index contributed by atoms with van der Waals surface area (Å²) in [5.74, 6) is -0.498. The van der Waals surface area contributed by atoms with Gasteiger partial charge in [-0.05, 0) is 38.3 Å². The normalized spacial score (nSPS) is 14.8. The van der Waals surface area contributed by atoms with Crippen LogP contribution in [0.1, 0.15) is 42.7 Å². The molecule has 1 aromatic rings. The van der Waals surface area contributed by atoms with E-state index in [0.29, 0.717) is 18.3 Å². The van der Waals surface area contributed by atoms with Gasteiger partial charge in [-0.3, -0.25) is 9.59 Å². The number of methoxy groups -OCH3 is 1. The maximum absolute atomic E-state index is 12.5. The first-order valence-electron chi connectivity index (χ1n) is 6.70. The van der Waals surface area contributed by atoms with E-state index in [1.165, 1.54) is 18.4 Å². The second-order valence-corrected chi connectivity index (χ2v) is 4.78. The molecule has 1 amide bonds. The van der Waals surface area contributed by atoms with Crippen LogP contribution in [0.15, 0.2) is 18.3 Å². The molecule has 0 aromatic carbocycles. The van der Waals surface area contributed by atoms with E-state index in [0.717, 1.165) is 12.8 Å². The summed E-state index contributed by atoms with van der Waals surface area (Å²) in [5.41, 5.74) is 0.662. The van der Waals surface area contributed by atoms with Gasteiger partial charge in [0.15, 0.2) is 0 Å². The minimum atomic E-state index is -0.392. The van der Waals surface area contributed by atoms with Gasteiger partial charge in [-0.25, -0.2) is 0 Å². The van der Waals surface area contributed by atoms with Crippen molar-refractivity contribution in [3.63, 3.8) is 0 Å². The van der Waals surface area contributed by atoms with Gasteiger partial charge in [-0.1, -0.05) is 0 Å². The average Bonchev–Trinajstić information content (AvgIpc) is 2.81. The lowest BCUT2D eigenvalue weighted by Crippen LogP contribution is -2.37. The molecule has 2 rings (SSSR count). The number of aromatic nitrogens is 1. The fourth-order valence-electron chi connectivity index (χ4n) is 2.27. The van der Waals surface area contributed by atoms with E-state index in [4.69, 9.17) is 0 Å². The maximum atomic E-state index is 12.5. The number of hydrogen-bond acceptors (Lipinski definition) is 3. The van der Waals surface area contributed by atoms with Crippen LogP contribution in [0.25, 0.3) is 0 Å². The predicted molar refractivity (Wildman–Crippen MR) is 70.9 cm³/mol. The van der Waals surface area contributed by atoms with Crippen molar-refractivity contribution in [1.29, 1.82) is 0 Å². The van der Waals surface area contributed by atoms with E-state index >= 15 is 0 Å². The number of nitrogens with zero attached hydrogens (tertiary/aromatic N) is 2. The molecule has 1 fully saturated rings. The molecule has 0 aliphatic heterocycles. The third-order valence-electron chi connectivity index (χ3n) is 3.68. The van der Waals surface area contributed by atoms with Crippen molar-refractivity contribution < 1.29 is 14.3 Å². The fourth-order valence-corrected chi connectivity index (χ4v) is 2.27. The molecule has 5 heteroatoms. The Hall–Kier alpha value is -1.78. The molecule has 1 heterocycles. The molecule has 104 valence electrons. The highest BCUT2D eigenvalue weighted by molar-refractivity contribution is 5.94. The van der Waals surface area contributed by atoms with Crippen LogP contribution in [-0.2, 0) is 9.53 Å². The highest BCUT2D eigenvalue weighted by Crippen LogP contribution is 2.32. The topological polar surface area (TPSA) is 51.5 Å². The van der Waals surface area contributed by atoms with E-state index in [1.54, 1.807) is 0 Å². The van der Waals surface area contributed by atoms with Crippen molar-refractivity contribution in [3.8, 4) is 0 Å². The third-order valence-corrected chi connectivity index (χ3v) is 3.68. The largest absolute Gasteiger partial charge is 0.468 e. The van der Waals surface area contributed by atoms with E-state index in [-0.39, 0.29) is 12.5 Å². The molecule has 0 saturated heterocycles. The lowest BCUT2D eigenvalue weighted by molar-refractivity contribution is -0.141. The molecule has 1 aliphatic rings. The predicted octanol–water partition coefficient (Wildman–Crippen LogP) is 1.85. The first-order chi connectivity index (χ1) is 9.17. The highest BCUT2D eigenvalue weighted by atomic mass is 16.5. The number of likely N-dealkylation sites (N-methyl/N-ethyl adjacent to an activating group) is 1. The number of esters is 1. The second-order valence-electron chi connectivity index (χ2n) is 4.78. The van der Waals surface area contributed by atoms with Crippen molar-refractivity contribution in [1.82, 2.24) is 9.47 Å². The smallest absolute Gasteiger partial charge is 0.325 e. The number of carbonyl (C=O) groups excluding carboxylic acids is 2. The number of ether oxygens (including phenoxy) is 1. The lowest BCUT2D eigenvalue weighted by Gasteiger charge is -2.30. The number of hydrogen-bond donors (Lipinski definition) is 0. The Bertz CT molecular complexity index is 463. The van der Waals surface area contributed by atoms with Gasteiger partial charge >= 0.3 is 5.97 Å². The van der Waals surface area contributed by atoms with Gasteiger partial charge in [0.25, 0.3) is 5.91 Å². The van der Waals surface area contributed by atoms with Crippen LogP contribution in [-0.4, -0.2) is 41.5 Å². The van der Waals surface area contributed by atoms with Crippen LogP contribution in [0.2, 0.25) is 0 Å². The summed E-state index contributed by atoms with van der Waals surface area (Å²) in [6.45, 7) is 2.35. The Morgan fingerprint density at radius 3 is 2.74 bits per heavy atom. The van der Waals surface area contributed by atoms with Crippen molar-refractivity contribution in [2.75, 3.05) is 20.2 Å². The number of amides is 1. The summed E-state index contributed by atoms with van der Waals surface area (Å²) >= 11 is 0. The first kappa shape index (κ1) is 13.6. The Labute approximate surface area is 113 Å². The van der Waals surface area contributed by atoms with Crippen molar-refractivity contribution in [2.45, 2.75) is 32.2 Å². The van der Waals surface area contributed by atoms with Gasteiger partial charge in [0, 0.05) is 18.8 Å². The van der Waals surface area contributed by atoms with E-state index < -0.39 is 5.97 Å². The van der Waals surface area contributed by atoms with Crippen LogP contribution < -0.4 is 0 Å². The van der Waals surface area contributed by atoms with Crippen LogP contribution >= 0.6 is 0 Å². The van der Waals surface area contributed by atoms with Gasteiger partial charge in [-0.2, -0.15) is 0 Å². The summed E-state index contributed by atoms with van der Waals surface area (Å²) in [6.07, 6.45) is 5.41. The van der Waals surface area contributed by atoms with Crippen LogP contribution in [0.5, 0.6) is 0 Å². The van der Waals surface area contributed by atoms with E-state index in [1.807, 2.05) is 29.8 Å². The summed E-state index contributed by atoms with van der Waals surface area (Å²) in [4.78, 5) is 25.3. The minimum Gasteiger partial charge on any atom is -0.468 e. The monoisotopic (exact) mass is 264 g/mol. The zero-order chi connectivity index (χ0) is 13.8. The van der Waals surface area contributed by atoms with Crippen molar-refractivity contribution >= 4 is 11.9 Å². The number of carbonyl (C=O) groups is 2. The summed E-state index contributed by atoms with van der Waals surface area (Å²) < 4.78 is 6.65. The summed E-state index contributed by atoms with van der Waals surface area (Å²) in [7, 11) is 1.33. The van der Waals surface area contributed by atoms with Crippen molar-refractivity contribution in [3.05, 3.63) is 24.0 Å². The molecule has 19 heavy (non-hydrogen) atoms. The minimum absolute atomic E-state index is 0.00167. The van der Waals surface area contributed by atoms with Crippen LogP contribution in [0.4, 0.5) is 0 Å². The van der Waals surface area contributed by atoms with Gasteiger partial charge in [-0.15, -0.1) is 0 Å². The second kappa shape index (κ2) is 5.91. The molecular formula is C14H20N2O3. The summed E-state index contributed by atoms with van der Waals surface area (Å²) in [5, 5.41) is 0. The molecule has 0 bridgehead atoms. The molecule has 0 unspecified atom stereocenters. The lowest BCUT2D eigenvalue weighted by atomic mass is 9.93. The van der Waals surface area contributed by atoms with Gasteiger partial charge in [0.2, 0.25) is 0 Å². The van der Waals surface area contributed by atoms with Gasteiger partial charge < -0.3 is 14.2 Å². The summed E-state index contributed by atoms with van der Waals surface area (Å²) in [6, 6.07) is 4.14.